The van der Waals surface area contributed by atoms with E-state index in [0.29, 0.717) is 0 Å². The van der Waals surface area contributed by atoms with Crippen molar-refractivity contribution in [1.82, 2.24) is 14.9 Å². The van der Waals surface area contributed by atoms with Crippen LogP contribution < -0.4 is 16.6 Å². The fourth-order valence-corrected chi connectivity index (χ4v) is 2.18. The van der Waals surface area contributed by atoms with Gasteiger partial charge in [-0.25, -0.2) is 4.79 Å². The van der Waals surface area contributed by atoms with Crippen LogP contribution in [0, 0.1) is 5.92 Å². The number of hydrogen-bond donors (Lipinski definition) is 3. The number of H-pyrrole nitrogens is 1. The van der Waals surface area contributed by atoms with Crippen LogP contribution in [0.4, 0.5) is 0 Å². The molecule has 1 aromatic rings. The van der Waals surface area contributed by atoms with Gasteiger partial charge in [-0.1, -0.05) is 6.92 Å². The molecule has 4 atom stereocenters. The van der Waals surface area contributed by atoms with Crippen molar-refractivity contribution in [3.05, 3.63) is 32.6 Å². The van der Waals surface area contributed by atoms with Crippen molar-refractivity contribution in [1.29, 1.82) is 0 Å². The quantitative estimate of drug-likeness (QED) is 0.632. The molecule has 1 unspecified atom stereocenters. The number of rotatable bonds is 2. The first-order valence-electron chi connectivity index (χ1n) is 6.81. The molecule has 0 bridgehead atoms. The van der Waals surface area contributed by atoms with Gasteiger partial charge in [0.15, 0.2) is 0 Å². The Kier molecular flexibility index (Phi) is 3.41. The van der Waals surface area contributed by atoms with Gasteiger partial charge in [0.25, 0.3) is 11.5 Å². The minimum atomic E-state index is -0.894. The number of aromatic amines is 1. The number of ether oxygens (including phenoxy) is 1. The first-order valence-corrected chi connectivity index (χ1v) is 6.11. The topological polar surface area (TPSA) is 113 Å². The highest BCUT2D eigenvalue weighted by Gasteiger charge is 2.40. The summed E-state index contributed by atoms with van der Waals surface area (Å²) in [6.45, 7) is 1.52. The molecule has 2 heterocycles. The second kappa shape index (κ2) is 5.22. The van der Waals surface area contributed by atoms with Gasteiger partial charge in [0, 0.05) is 20.5 Å². The maximum Gasteiger partial charge on any atom is 0.330 e. The van der Waals surface area contributed by atoms with Gasteiger partial charge >= 0.3 is 5.69 Å². The lowest BCUT2D eigenvalue weighted by atomic mass is 10.0. The van der Waals surface area contributed by atoms with E-state index in [0.717, 1.165) is 10.8 Å². The number of aliphatic hydroxyl groups excluding tert-OH is 1. The molecule has 3 N–H and O–H groups in total. The summed E-state index contributed by atoms with van der Waals surface area (Å²) in [5.41, 5.74) is -1.75. The lowest BCUT2D eigenvalue weighted by molar-refractivity contribution is -0.0143. The Morgan fingerprint density at radius 1 is 1.60 bits per heavy atom. The Labute approximate surface area is 115 Å². The van der Waals surface area contributed by atoms with E-state index in [1.54, 1.807) is 6.92 Å². The van der Waals surface area contributed by atoms with Crippen LogP contribution in [0.2, 0.25) is 0 Å². The van der Waals surface area contributed by atoms with E-state index >= 15 is 0 Å². The number of nitrogens with one attached hydrogen (secondary N) is 2. The molecule has 1 saturated heterocycles. The molecule has 0 radical (unpaired) electrons. The maximum absolute atomic E-state index is 11.9. The summed E-state index contributed by atoms with van der Waals surface area (Å²) in [6.07, 6.45) is -1.34. The summed E-state index contributed by atoms with van der Waals surface area (Å²) in [6, 6.07) is 0. The van der Waals surface area contributed by atoms with Crippen molar-refractivity contribution < 1.29 is 16.0 Å². The number of amides is 1. The predicted molar refractivity (Wildman–Crippen MR) is 69.5 cm³/mol. The van der Waals surface area contributed by atoms with Crippen molar-refractivity contribution in [2.24, 2.45) is 5.92 Å². The number of aromatic nitrogens is 2. The van der Waals surface area contributed by atoms with E-state index in [1.165, 1.54) is 7.05 Å². The third kappa shape index (κ3) is 2.27. The standard InChI is InChI=1S/C12H17N3O5/c1-5-8(16)6(2)20-11(5)15-4-7(9(17)13-3)10(18)14-12(15)19/h4-6,8,11,16H,1-3H3,(H,13,17)(H,14,18,19)/t5-,6+,8?,11+/m0/s1/i2D. The van der Waals surface area contributed by atoms with Crippen molar-refractivity contribution in [2.75, 3.05) is 7.05 Å². The monoisotopic (exact) mass is 284 g/mol. The summed E-state index contributed by atoms with van der Waals surface area (Å²) in [7, 11) is 1.37. The number of carbonyl (C=O) groups is 1. The molecule has 8 heteroatoms. The summed E-state index contributed by atoms with van der Waals surface area (Å²) < 4.78 is 13.9. The van der Waals surface area contributed by atoms with Gasteiger partial charge in [-0.2, -0.15) is 0 Å². The van der Waals surface area contributed by atoms with Crippen molar-refractivity contribution >= 4 is 5.91 Å². The van der Waals surface area contributed by atoms with E-state index in [-0.39, 0.29) is 12.5 Å². The largest absolute Gasteiger partial charge is 0.390 e. The maximum atomic E-state index is 11.9. The lowest BCUT2D eigenvalue weighted by Gasteiger charge is -2.18. The van der Waals surface area contributed by atoms with Crippen LogP contribution in [0.5, 0.6) is 0 Å². The van der Waals surface area contributed by atoms with Gasteiger partial charge in [-0.15, -0.1) is 0 Å². The highest BCUT2D eigenvalue weighted by molar-refractivity contribution is 5.93. The smallest absolute Gasteiger partial charge is 0.330 e. The molecule has 8 nitrogen and oxygen atoms in total. The van der Waals surface area contributed by atoms with E-state index in [2.05, 4.69) is 10.3 Å². The second-order valence-electron chi connectivity index (χ2n) is 4.70. The van der Waals surface area contributed by atoms with Crippen molar-refractivity contribution in [3.8, 4) is 0 Å². The van der Waals surface area contributed by atoms with Crippen LogP contribution in [0.25, 0.3) is 0 Å². The van der Waals surface area contributed by atoms with Crippen LogP contribution in [0.15, 0.2) is 15.8 Å². The Morgan fingerprint density at radius 3 is 2.85 bits per heavy atom. The van der Waals surface area contributed by atoms with E-state index in [1.807, 2.05) is 0 Å². The summed E-state index contributed by atoms with van der Waals surface area (Å²) in [5.74, 6) is -1.09. The van der Waals surface area contributed by atoms with Crippen LogP contribution in [0.1, 0.15) is 31.8 Å². The van der Waals surface area contributed by atoms with Crippen LogP contribution in [0.3, 0.4) is 0 Å². The number of carbonyl (C=O) groups excluding carboxylic acids is 1. The van der Waals surface area contributed by atoms with Gasteiger partial charge in [0.1, 0.15) is 11.8 Å². The zero-order valence-corrected chi connectivity index (χ0v) is 11.1. The molecular weight excluding hydrogens is 266 g/mol. The molecule has 0 saturated carbocycles. The zero-order valence-electron chi connectivity index (χ0n) is 12.1. The van der Waals surface area contributed by atoms with E-state index in [9.17, 15) is 19.5 Å². The minimum Gasteiger partial charge on any atom is -0.390 e. The van der Waals surface area contributed by atoms with Crippen molar-refractivity contribution in [3.63, 3.8) is 0 Å². The highest BCUT2D eigenvalue weighted by Crippen LogP contribution is 2.33. The molecule has 0 aliphatic carbocycles. The number of nitrogens with zero attached hydrogens (tertiary/aromatic N) is 1. The van der Waals surface area contributed by atoms with Gasteiger partial charge in [-0.05, 0) is 6.90 Å². The first kappa shape index (κ1) is 13.1. The fraction of sp³-hybridized carbons (Fsp3) is 0.583. The van der Waals surface area contributed by atoms with Gasteiger partial charge in [0.2, 0.25) is 0 Å². The van der Waals surface area contributed by atoms with Gasteiger partial charge in [0.05, 0.1) is 12.2 Å². The second-order valence-corrected chi connectivity index (χ2v) is 4.70. The number of aliphatic hydroxyl groups is 1. The van der Waals surface area contributed by atoms with Crippen molar-refractivity contribution in [2.45, 2.75) is 32.3 Å². The highest BCUT2D eigenvalue weighted by atomic mass is 16.5. The molecular formula is C12H17N3O5. The van der Waals surface area contributed by atoms with Crippen LogP contribution >= 0.6 is 0 Å². The number of hydrogen-bond acceptors (Lipinski definition) is 5. The zero-order chi connectivity index (χ0) is 15.7. The predicted octanol–water partition coefficient (Wildman–Crippen LogP) is -1.19. The molecule has 1 aromatic heterocycles. The Bertz CT molecular complexity index is 655. The summed E-state index contributed by atoms with van der Waals surface area (Å²) in [4.78, 5) is 37.2. The van der Waals surface area contributed by atoms with Crippen LogP contribution in [-0.4, -0.2) is 39.8 Å². The summed E-state index contributed by atoms with van der Waals surface area (Å²) >= 11 is 0. The normalized spacial score (nSPS) is 30.1. The molecule has 2 rings (SSSR count). The SMILES string of the molecule is [2H]C[C@H]1O[C@@H](n2cc(C(=O)NC)c(=O)[nH]c2=O)[C@@H](C)C1O. The average Bonchev–Trinajstić information content (AvgIpc) is 2.74. The molecule has 1 aliphatic heterocycles. The third-order valence-corrected chi connectivity index (χ3v) is 3.40. The first-order chi connectivity index (χ1) is 9.90. The van der Waals surface area contributed by atoms with E-state index < -0.39 is 41.5 Å². The minimum absolute atomic E-state index is 0.150. The Balaban J connectivity index is 2.47. The fourth-order valence-electron chi connectivity index (χ4n) is 2.18. The van der Waals surface area contributed by atoms with E-state index in [4.69, 9.17) is 6.11 Å². The molecule has 20 heavy (non-hydrogen) atoms. The molecule has 1 aliphatic rings. The van der Waals surface area contributed by atoms with Gasteiger partial charge in [-0.3, -0.25) is 19.1 Å². The lowest BCUT2D eigenvalue weighted by Crippen LogP contribution is -2.38. The molecule has 1 amide bonds. The van der Waals surface area contributed by atoms with Gasteiger partial charge < -0.3 is 15.2 Å². The summed E-state index contributed by atoms with van der Waals surface area (Å²) in [5, 5.41) is 12.3. The molecule has 110 valence electrons. The molecule has 0 spiro atoms. The third-order valence-electron chi connectivity index (χ3n) is 3.40. The molecule has 1 fully saturated rings. The Morgan fingerprint density at radius 2 is 2.30 bits per heavy atom. The Hall–Kier alpha value is -1.93. The average molecular weight is 284 g/mol. The molecule has 0 aromatic carbocycles. The van der Waals surface area contributed by atoms with Crippen LogP contribution in [-0.2, 0) is 4.74 Å².